The van der Waals surface area contributed by atoms with Crippen LogP contribution >= 0.6 is 15.9 Å². The van der Waals surface area contributed by atoms with Crippen molar-refractivity contribution in [1.82, 2.24) is 4.90 Å². The van der Waals surface area contributed by atoms with Crippen LogP contribution < -0.4 is 0 Å². The SMILES string of the molecule is CCC1CCC(C)N1CC(CBr)c1ccccc1. The third-order valence-electron chi connectivity index (χ3n) is 4.31. The Morgan fingerprint density at radius 2 is 2.00 bits per heavy atom. The van der Waals surface area contributed by atoms with Crippen molar-refractivity contribution in [3.63, 3.8) is 0 Å². The molecule has 1 fully saturated rings. The van der Waals surface area contributed by atoms with Crippen molar-refractivity contribution in [3.8, 4) is 0 Å². The highest BCUT2D eigenvalue weighted by molar-refractivity contribution is 9.09. The first kappa shape index (κ1) is 14.1. The topological polar surface area (TPSA) is 3.24 Å². The molecule has 0 radical (unpaired) electrons. The van der Waals surface area contributed by atoms with E-state index in [0.717, 1.165) is 17.4 Å². The number of likely N-dealkylation sites (tertiary alicyclic amines) is 1. The quantitative estimate of drug-likeness (QED) is 0.727. The van der Waals surface area contributed by atoms with Gasteiger partial charge in [-0.05, 0) is 31.7 Å². The van der Waals surface area contributed by atoms with Gasteiger partial charge < -0.3 is 0 Å². The fourth-order valence-electron chi connectivity index (χ4n) is 3.12. The van der Waals surface area contributed by atoms with E-state index in [1.165, 1.54) is 31.4 Å². The van der Waals surface area contributed by atoms with Crippen LogP contribution in [0.5, 0.6) is 0 Å². The molecular weight excluding hydrogens is 286 g/mol. The molecular formula is C16H24BrN. The van der Waals surface area contributed by atoms with Crippen LogP contribution in [0.2, 0.25) is 0 Å². The first-order chi connectivity index (χ1) is 8.76. The molecule has 2 heteroatoms. The molecule has 1 aliphatic heterocycles. The molecule has 0 saturated carbocycles. The number of benzene rings is 1. The first-order valence-electron chi connectivity index (χ1n) is 7.12. The molecule has 18 heavy (non-hydrogen) atoms. The largest absolute Gasteiger partial charge is 0.297 e. The van der Waals surface area contributed by atoms with E-state index < -0.39 is 0 Å². The van der Waals surface area contributed by atoms with Crippen molar-refractivity contribution >= 4 is 15.9 Å². The average Bonchev–Trinajstić information content (AvgIpc) is 2.77. The second kappa shape index (κ2) is 6.72. The number of hydrogen-bond donors (Lipinski definition) is 0. The van der Waals surface area contributed by atoms with E-state index in [4.69, 9.17) is 0 Å². The fourth-order valence-corrected chi connectivity index (χ4v) is 3.69. The van der Waals surface area contributed by atoms with Crippen molar-refractivity contribution in [3.05, 3.63) is 35.9 Å². The van der Waals surface area contributed by atoms with Crippen molar-refractivity contribution in [2.75, 3.05) is 11.9 Å². The molecule has 0 aromatic heterocycles. The Balaban J connectivity index is 2.06. The van der Waals surface area contributed by atoms with E-state index in [1.807, 2.05) is 0 Å². The maximum Gasteiger partial charge on any atom is 0.0112 e. The molecule has 1 aromatic carbocycles. The summed E-state index contributed by atoms with van der Waals surface area (Å²) in [4.78, 5) is 2.72. The number of hydrogen-bond acceptors (Lipinski definition) is 1. The monoisotopic (exact) mass is 309 g/mol. The van der Waals surface area contributed by atoms with Crippen LogP contribution in [0.25, 0.3) is 0 Å². The molecule has 1 saturated heterocycles. The van der Waals surface area contributed by atoms with Gasteiger partial charge in [0.15, 0.2) is 0 Å². The zero-order chi connectivity index (χ0) is 13.0. The molecule has 0 amide bonds. The Kier molecular flexibility index (Phi) is 5.25. The summed E-state index contributed by atoms with van der Waals surface area (Å²) in [5.41, 5.74) is 1.46. The molecule has 3 atom stereocenters. The van der Waals surface area contributed by atoms with Gasteiger partial charge in [0.2, 0.25) is 0 Å². The fraction of sp³-hybridized carbons (Fsp3) is 0.625. The third-order valence-corrected chi connectivity index (χ3v) is 5.09. The van der Waals surface area contributed by atoms with E-state index in [1.54, 1.807) is 0 Å². The third kappa shape index (κ3) is 3.16. The van der Waals surface area contributed by atoms with Gasteiger partial charge in [-0.25, -0.2) is 0 Å². The maximum atomic E-state index is 3.69. The molecule has 0 spiro atoms. The molecule has 2 rings (SSSR count). The van der Waals surface area contributed by atoms with Gasteiger partial charge in [-0.2, -0.15) is 0 Å². The summed E-state index contributed by atoms with van der Waals surface area (Å²) >= 11 is 3.69. The lowest BCUT2D eigenvalue weighted by Gasteiger charge is -2.31. The Morgan fingerprint density at radius 1 is 1.28 bits per heavy atom. The molecule has 0 bridgehead atoms. The van der Waals surface area contributed by atoms with Crippen LogP contribution in [-0.4, -0.2) is 28.9 Å². The van der Waals surface area contributed by atoms with Gasteiger partial charge in [-0.3, -0.25) is 4.90 Å². The summed E-state index contributed by atoms with van der Waals surface area (Å²) in [6.45, 7) is 5.89. The summed E-state index contributed by atoms with van der Waals surface area (Å²) in [5, 5.41) is 1.05. The van der Waals surface area contributed by atoms with Gasteiger partial charge in [0.1, 0.15) is 0 Å². The van der Waals surface area contributed by atoms with E-state index in [2.05, 4.69) is 65.0 Å². The van der Waals surface area contributed by atoms with Crippen LogP contribution in [0, 0.1) is 0 Å². The molecule has 0 aliphatic carbocycles. The minimum absolute atomic E-state index is 0.612. The Bertz CT molecular complexity index is 351. The van der Waals surface area contributed by atoms with Gasteiger partial charge >= 0.3 is 0 Å². The number of nitrogens with zero attached hydrogens (tertiary/aromatic N) is 1. The van der Waals surface area contributed by atoms with Crippen LogP contribution in [0.3, 0.4) is 0 Å². The van der Waals surface area contributed by atoms with Gasteiger partial charge in [-0.1, -0.05) is 53.2 Å². The molecule has 1 heterocycles. The predicted molar refractivity (Wildman–Crippen MR) is 82.5 cm³/mol. The maximum absolute atomic E-state index is 3.69. The number of rotatable bonds is 5. The van der Waals surface area contributed by atoms with E-state index >= 15 is 0 Å². The first-order valence-corrected chi connectivity index (χ1v) is 8.25. The standard InChI is InChI=1S/C16H24BrN/c1-3-16-10-9-13(2)18(16)12-15(11-17)14-7-5-4-6-8-14/h4-8,13,15-16H,3,9-12H2,1-2H3. The van der Waals surface area contributed by atoms with E-state index in [9.17, 15) is 0 Å². The van der Waals surface area contributed by atoms with Crippen LogP contribution in [0.15, 0.2) is 30.3 Å². The lowest BCUT2D eigenvalue weighted by molar-refractivity contribution is 0.190. The minimum Gasteiger partial charge on any atom is -0.297 e. The summed E-state index contributed by atoms with van der Waals surface area (Å²) in [5.74, 6) is 0.612. The second-order valence-corrected chi connectivity index (χ2v) is 6.09. The number of alkyl halides is 1. The van der Waals surface area contributed by atoms with Crippen LogP contribution in [-0.2, 0) is 0 Å². The Morgan fingerprint density at radius 3 is 2.61 bits per heavy atom. The molecule has 0 N–H and O–H groups in total. The smallest absolute Gasteiger partial charge is 0.0112 e. The van der Waals surface area contributed by atoms with Gasteiger partial charge in [-0.15, -0.1) is 0 Å². The zero-order valence-corrected chi connectivity index (χ0v) is 13.1. The van der Waals surface area contributed by atoms with E-state index in [0.29, 0.717) is 5.92 Å². The Hall–Kier alpha value is -0.340. The predicted octanol–water partition coefficient (Wildman–Crippen LogP) is 4.43. The average molecular weight is 310 g/mol. The molecule has 3 unspecified atom stereocenters. The van der Waals surface area contributed by atoms with Crippen molar-refractivity contribution < 1.29 is 0 Å². The lowest BCUT2D eigenvalue weighted by Crippen LogP contribution is -2.37. The molecule has 100 valence electrons. The highest BCUT2D eigenvalue weighted by atomic mass is 79.9. The van der Waals surface area contributed by atoms with Gasteiger partial charge in [0.05, 0.1) is 0 Å². The normalized spacial score (nSPS) is 26.4. The van der Waals surface area contributed by atoms with Crippen LogP contribution in [0.1, 0.15) is 44.6 Å². The highest BCUT2D eigenvalue weighted by Gasteiger charge is 2.30. The molecule has 1 nitrogen and oxygen atoms in total. The van der Waals surface area contributed by atoms with Crippen molar-refractivity contribution in [1.29, 1.82) is 0 Å². The lowest BCUT2D eigenvalue weighted by atomic mass is 10.00. The molecule has 1 aromatic rings. The van der Waals surface area contributed by atoms with Crippen molar-refractivity contribution in [2.24, 2.45) is 0 Å². The Labute approximate surface area is 120 Å². The van der Waals surface area contributed by atoms with Gasteiger partial charge in [0.25, 0.3) is 0 Å². The second-order valence-electron chi connectivity index (χ2n) is 5.45. The minimum atomic E-state index is 0.612. The zero-order valence-electron chi connectivity index (χ0n) is 11.5. The highest BCUT2D eigenvalue weighted by Crippen LogP contribution is 2.30. The summed E-state index contributed by atoms with van der Waals surface area (Å²) in [7, 11) is 0. The summed E-state index contributed by atoms with van der Waals surface area (Å²) in [6.07, 6.45) is 4.03. The van der Waals surface area contributed by atoms with Crippen LogP contribution in [0.4, 0.5) is 0 Å². The van der Waals surface area contributed by atoms with Gasteiger partial charge in [0, 0.05) is 29.9 Å². The van der Waals surface area contributed by atoms with Crippen molar-refractivity contribution in [2.45, 2.75) is 51.1 Å². The van der Waals surface area contributed by atoms with E-state index in [-0.39, 0.29) is 0 Å². The summed E-state index contributed by atoms with van der Waals surface area (Å²) < 4.78 is 0. The number of halogens is 1. The molecule has 1 aliphatic rings. The summed E-state index contributed by atoms with van der Waals surface area (Å²) in [6, 6.07) is 12.5.